The molecule has 0 saturated heterocycles. The third-order valence-corrected chi connectivity index (χ3v) is 2.95. The number of carbonyl (C=O) groups excluding carboxylic acids is 3. The molecule has 3 N–H and O–H groups in total. The zero-order chi connectivity index (χ0) is 17.2. The molecular formula is C15H19N3O4S. The Morgan fingerprint density at radius 3 is 2.35 bits per heavy atom. The van der Waals surface area contributed by atoms with Gasteiger partial charge in [-0.2, -0.15) is 0 Å². The van der Waals surface area contributed by atoms with Gasteiger partial charge in [0, 0.05) is 24.7 Å². The molecule has 0 aliphatic rings. The molecule has 0 radical (unpaired) electrons. The van der Waals surface area contributed by atoms with E-state index >= 15 is 0 Å². The fourth-order valence-electron chi connectivity index (χ4n) is 1.65. The molecule has 0 aliphatic heterocycles. The van der Waals surface area contributed by atoms with Gasteiger partial charge < -0.3 is 20.7 Å². The van der Waals surface area contributed by atoms with Crippen LogP contribution in [0.25, 0.3) is 0 Å². The van der Waals surface area contributed by atoms with Crippen LogP contribution in [0.15, 0.2) is 24.3 Å². The van der Waals surface area contributed by atoms with Crippen LogP contribution in [0.3, 0.4) is 0 Å². The first-order chi connectivity index (χ1) is 11.0. The van der Waals surface area contributed by atoms with Crippen molar-refractivity contribution >= 4 is 40.8 Å². The van der Waals surface area contributed by atoms with E-state index in [1.165, 1.54) is 0 Å². The van der Waals surface area contributed by atoms with E-state index in [0.717, 1.165) is 0 Å². The minimum atomic E-state index is -0.425. The van der Waals surface area contributed by atoms with Crippen LogP contribution in [0.1, 0.15) is 30.1 Å². The summed E-state index contributed by atoms with van der Waals surface area (Å²) in [5, 5.41) is 7.93. The molecule has 23 heavy (non-hydrogen) atoms. The third-order valence-electron chi connectivity index (χ3n) is 2.75. The van der Waals surface area contributed by atoms with Gasteiger partial charge in [-0.1, -0.05) is 0 Å². The summed E-state index contributed by atoms with van der Waals surface area (Å²) < 4.78 is 4.73. The highest BCUT2D eigenvalue weighted by molar-refractivity contribution is 7.80. The second kappa shape index (κ2) is 9.52. The van der Waals surface area contributed by atoms with E-state index in [0.29, 0.717) is 11.3 Å². The van der Waals surface area contributed by atoms with Crippen LogP contribution < -0.4 is 16.0 Å². The minimum Gasteiger partial charge on any atom is -0.466 e. The van der Waals surface area contributed by atoms with Crippen LogP contribution in [0.2, 0.25) is 0 Å². The molecule has 0 aliphatic carbocycles. The van der Waals surface area contributed by atoms with Crippen LogP contribution in [0, 0.1) is 0 Å². The maximum atomic E-state index is 11.6. The number of rotatable bonds is 6. The van der Waals surface area contributed by atoms with E-state index in [2.05, 4.69) is 16.0 Å². The molecule has 1 aromatic rings. The summed E-state index contributed by atoms with van der Waals surface area (Å²) in [5.74, 6) is -0.991. The summed E-state index contributed by atoms with van der Waals surface area (Å²) in [6, 6.07) is 6.60. The Kier molecular flexibility index (Phi) is 7.69. The molecule has 0 atom stereocenters. The molecule has 0 heterocycles. The van der Waals surface area contributed by atoms with Crippen molar-refractivity contribution in [2.75, 3.05) is 19.0 Å². The Labute approximate surface area is 139 Å². The summed E-state index contributed by atoms with van der Waals surface area (Å²) in [5.41, 5.74) is 1.15. The molecule has 1 rings (SSSR count). The second-order valence-electron chi connectivity index (χ2n) is 4.46. The zero-order valence-electron chi connectivity index (χ0n) is 13.0. The molecule has 1 aromatic carbocycles. The van der Waals surface area contributed by atoms with Crippen molar-refractivity contribution in [2.24, 2.45) is 0 Å². The smallest absolute Gasteiger partial charge is 0.306 e. The number of carbonyl (C=O) groups is 3. The number of nitrogens with one attached hydrogen (secondary N) is 3. The minimum absolute atomic E-state index is 0.00309. The number of hydrogen-bond donors (Lipinski definition) is 3. The van der Waals surface area contributed by atoms with Gasteiger partial charge in [0.2, 0.25) is 5.91 Å². The fourth-order valence-corrected chi connectivity index (χ4v) is 1.88. The fraction of sp³-hybridized carbons (Fsp3) is 0.333. The van der Waals surface area contributed by atoms with Crippen molar-refractivity contribution in [2.45, 2.75) is 19.8 Å². The second-order valence-corrected chi connectivity index (χ2v) is 4.87. The van der Waals surface area contributed by atoms with Crippen LogP contribution in [0.5, 0.6) is 0 Å². The van der Waals surface area contributed by atoms with Crippen molar-refractivity contribution in [3.05, 3.63) is 29.8 Å². The Bertz CT molecular complexity index is 587. The lowest BCUT2D eigenvalue weighted by Gasteiger charge is -2.10. The maximum absolute atomic E-state index is 11.6. The topological polar surface area (TPSA) is 96.5 Å². The van der Waals surface area contributed by atoms with Crippen molar-refractivity contribution in [1.82, 2.24) is 10.6 Å². The quantitative estimate of drug-likeness (QED) is 0.533. The van der Waals surface area contributed by atoms with Gasteiger partial charge in [0.25, 0.3) is 5.91 Å². The summed E-state index contributed by atoms with van der Waals surface area (Å²) in [7, 11) is 1.55. The van der Waals surface area contributed by atoms with Gasteiger partial charge in [-0.05, 0) is 43.4 Å². The molecule has 8 heteroatoms. The monoisotopic (exact) mass is 337 g/mol. The van der Waals surface area contributed by atoms with E-state index < -0.39 is 5.97 Å². The van der Waals surface area contributed by atoms with E-state index in [-0.39, 0.29) is 36.4 Å². The lowest BCUT2D eigenvalue weighted by atomic mass is 10.2. The van der Waals surface area contributed by atoms with E-state index in [1.807, 2.05) is 0 Å². The molecule has 7 nitrogen and oxygen atoms in total. The van der Waals surface area contributed by atoms with Crippen LogP contribution in [-0.2, 0) is 14.3 Å². The zero-order valence-corrected chi connectivity index (χ0v) is 13.8. The average molecular weight is 337 g/mol. The molecule has 0 spiro atoms. The lowest BCUT2D eigenvalue weighted by Crippen LogP contribution is -2.34. The molecule has 0 aromatic heterocycles. The first kappa shape index (κ1) is 18.6. The third kappa shape index (κ3) is 6.88. The highest BCUT2D eigenvalue weighted by Gasteiger charge is 2.09. The van der Waals surface area contributed by atoms with Gasteiger partial charge in [0.15, 0.2) is 5.11 Å². The Balaban J connectivity index is 2.42. The van der Waals surface area contributed by atoms with Gasteiger partial charge in [-0.25, -0.2) is 0 Å². The number of ether oxygens (including phenoxy) is 1. The van der Waals surface area contributed by atoms with Crippen molar-refractivity contribution in [3.8, 4) is 0 Å². The summed E-state index contributed by atoms with van der Waals surface area (Å²) >= 11 is 5.01. The van der Waals surface area contributed by atoms with Crippen molar-refractivity contribution in [3.63, 3.8) is 0 Å². The molecule has 0 bridgehead atoms. The van der Waals surface area contributed by atoms with Gasteiger partial charge in [-0.15, -0.1) is 0 Å². The molecular weight excluding hydrogens is 318 g/mol. The van der Waals surface area contributed by atoms with E-state index in [4.69, 9.17) is 17.0 Å². The molecule has 0 fully saturated rings. The number of benzene rings is 1. The normalized spacial score (nSPS) is 9.65. The number of hydrogen-bond acceptors (Lipinski definition) is 5. The van der Waals surface area contributed by atoms with E-state index in [1.54, 1.807) is 38.2 Å². The first-order valence-electron chi connectivity index (χ1n) is 7.04. The first-order valence-corrected chi connectivity index (χ1v) is 7.45. The summed E-state index contributed by atoms with van der Waals surface area (Å²) in [6.45, 7) is 1.99. The van der Waals surface area contributed by atoms with Crippen molar-refractivity contribution < 1.29 is 19.1 Å². The highest BCUT2D eigenvalue weighted by atomic mass is 32.1. The van der Waals surface area contributed by atoms with Gasteiger partial charge >= 0.3 is 5.97 Å². The average Bonchev–Trinajstić information content (AvgIpc) is 2.53. The number of esters is 1. The number of amides is 2. The molecule has 124 valence electrons. The number of thiocarbonyl (C=S) groups is 1. The largest absolute Gasteiger partial charge is 0.466 e. The molecule has 0 saturated carbocycles. The molecule has 2 amide bonds. The maximum Gasteiger partial charge on any atom is 0.306 e. The predicted octanol–water partition coefficient (Wildman–Crippen LogP) is 1.20. The van der Waals surface area contributed by atoms with E-state index in [9.17, 15) is 14.4 Å². The predicted molar refractivity (Wildman–Crippen MR) is 90.1 cm³/mol. The van der Waals surface area contributed by atoms with Crippen LogP contribution in [0.4, 0.5) is 5.69 Å². The van der Waals surface area contributed by atoms with Gasteiger partial charge in [-0.3, -0.25) is 14.4 Å². The van der Waals surface area contributed by atoms with Crippen LogP contribution >= 0.6 is 12.2 Å². The SMILES string of the molecule is CCOC(=O)CCC(=O)NC(=S)Nc1ccc(C(=O)NC)cc1. The van der Waals surface area contributed by atoms with Gasteiger partial charge in [0.05, 0.1) is 13.0 Å². The Hall–Kier alpha value is -2.48. The van der Waals surface area contributed by atoms with Crippen LogP contribution in [-0.4, -0.2) is 36.6 Å². The summed E-state index contributed by atoms with van der Waals surface area (Å²) in [4.78, 5) is 34.2. The molecule has 0 unspecified atom stereocenters. The van der Waals surface area contributed by atoms with Crippen molar-refractivity contribution in [1.29, 1.82) is 0 Å². The number of anilines is 1. The Morgan fingerprint density at radius 2 is 1.78 bits per heavy atom. The summed E-state index contributed by atoms with van der Waals surface area (Å²) in [6.07, 6.45) is -0.000620. The Morgan fingerprint density at radius 1 is 1.13 bits per heavy atom. The standard InChI is InChI=1S/C15H19N3O4S/c1-3-22-13(20)9-8-12(19)18-15(23)17-11-6-4-10(5-7-11)14(21)16-2/h4-7H,3,8-9H2,1-2H3,(H,16,21)(H2,17,18,19,23). The highest BCUT2D eigenvalue weighted by Crippen LogP contribution is 2.09. The van der Waals surface area contributed by atoms with Gasteiger partial charge in [0.1, 0.15) is 0 Å². The lowest BCUT2D eigenvalue weighted by molar-refractivity contribution is -0.144.